The van der Waals surface area contributed by atoms with Crippen LogP contribution in [0.1, 0.15) is 27.2 Å². The molecule has 1 aliphatic rings. The van der Waals surface area contributed by atoms with E-state index in [-0.39, 0.29) is 32.2 Å². The Labute approximate surface area is 106 Å². The quantitative estimate of drug-likeness (QED) is 0.553. The van der Waals surface area contributed by atoms with E-state index in [1.54, 1.807) is 6.08 Å². The van der Waals surface area contributed by atoms with Crippen LogP contribution in [0.2, 0.25) is 0 Å². The number of esters is 1. The number of rotatable bonds is 5. The van der Waals surface area contributed by atoms with E-state index in [4.69, 9.17) is 9.47 Å². The molecule has 1 rings (SSSR count). The van der Waals surface area contributed by atoms with E-state index in [0.29, 0.717) is 5.76 Å². The van der Waals surface area contributed by atoms with Gasteiger partial charge in [0.1, 0.15) is 11.4 Å². The molecule has 0 saturated carbocycles. The zero-order chi connectivity index (χ0) is 13.6. The van der Waals surface area contributed by atoms with E-state index in [1.807, 2.05) is 20.8 Å². The molecule has 0 aromatic carbocycles. The summed E-state index contributed by atoms with van der Waals surface area (Å²) in [5.41, 5.74) is -0.478. The number of hydrogen-bond acceptors (Lipinski definition) is 6. The Kier molecular flexibility index (Phi) is 5.15. The summed E-state index contributed by atoms with van der Waals surface area (Å²) in [5.74, 6) is 0.128. The van der Waals surface area contributed by atoms with Crippen molar-refractivity contribution in [2.24, 2.45) is 0 Å². The predicted molar refractivity (Wildman–Crippen MR) is 61.8 cm³/mol. The highest BCUT2D eigenvalue weighted by molar-refractivity contribution is 5.69. The van der Waals surface area contributed by atoms with E-state index in [0.717, 1.165) is 0 Å². The fourth-order valence-corrected chi connectivity index (χ4v) is 1.18. The van der Waals surface area contributed by atoms with Crippen molar-refractivity contribution in [3.63, 3.8) is 0 Å². The van der Waals surface area contributed by atoms with Gasteiger partial charge in [0.05, 0.1) is 19.6 Å². The molecule has 6 nitrogen and oxygen atoms in total. The van der Waals surface area contributed by atoms with Crippen LogP contribution in [0.15, 0.2) is 11.8 Å². The standard InChI is InChI=1S/C12H18O6/c1-12(2,3)18-10(13)5-7-15-6-4-9-8-16-11(14)17-9/h4H,5-8H2,1-3H3. The van der Waals surface area contributed by atoms with Gasteiger partial charge >= 0.3 is 12.1 Å². The molecule has 1 saturated heterocycles. The second kappa shape index (κ2) is 6.39. The number of ether oxygens (including phenoxy) is 4. The molecule has 6 heteroatoms. The van der Waals surface area contributed by atoms with E-state index in [2.05, 4.69) is 9.47 Å². The number of carbonyl (C=O) groups is 2. The SMILES string of the molecule is CC(C)(C)OC(=O)CCOCC=C1COC(=O)O1. The van der Waals surface area contributed by atoms with E-state index < -0.39 is 11.8 Å². The first-order chi connectivity index (χ1) is 8.37. The van der Waals surface area contributed by atoms with Gasteiger partial charge in [-0.25, -0.2) is 4.79 Å². The number of hydrogen-bond donors (Lipinski definition) is 0. The van der Waals surface area contributed by atoms with Gasteiger partial charge in [-0.1, -0.05) is 0 Å². The minimum absolute atomic E-state index is 0.133. The summed E-state index contributed by atoms with van der Waals surface area (Å²) in [7, 11) is 0. The minimum atomic E-state index is -0.699. The highest BCUT2D eigenvalue weighted by atomic mass is 16.8. The summed E-state index contributed by atoms with van der Waals surface area (Å²) in [6.45, 7) is 6.08. The molecule has 0 radical (unpaired) electrons. The molecule has 0 amide bonds. The van der Waals surface area contributed by atoms with Crippen LogP contribution < -0.4 is 0 Å². The monoisotopic (exact) mass is 258 g/mol. The molecular weight excluding hydrogens is 240 g/mol. The predicted octanol–water partition coefficient (Wildman–Crippen LogP) is 1.79. The topological polar surface area (TPSA) is 71.1 Å². The molecular formula is C12H18O6. The Morgan fingerprint density at radius 1 is 1.44 bits per heavy atom. The van der Waals surface area contributed by atoms with Crippen molar-refractivity contribution < 1.29 is 28.5 Å². The van der Waals surface area contributed by atoms with Crippen molar-refractivity contribution in [1.29, 1.82) is 0 Å². The Bertz CT molecular complexity index is 339. The van der Waals surface area contributed by atoms with Gasteiger partial charge in [-0.3, -0.25) is 4.79 Å². The Balaban J connectivity index is 2.08. The summed E-state index contributed by atoms with van der Waals surface area (Å²) in [5, 5.41) is 0. The third-order valence-corrected chi connectivity index (χ3v) is 1.85. The smallest absolute Gasteiger partial charge is 0.460 e. The van der Waals surface area contributed by atoms with Gasteiger partial charge in [0.25, 0.3) is 0 Å². The molecule has 0 aliphatic carbocycles. The average Bonchev–Trinajstić information content (AvgIpc) is 2.61. The van der Waals surface area contributed by atoms with Gasteiger partial charge < -0.3 is 18.9 Å². The molecule has 0 N–H and O–H groups in total. The fourth-order valence-electron chi connectivity index (χ4n) is 1.18. The lowest BCUT2D eigenvalue weighted by Gasteiger charge is -2.19. The summed E-state index contributed by atoms with van der Waals surface area (Å²) < 4.78 is 19.5. The van der Waals surface area contributed by atoms with Crippen molar-refractivity contribution in [3.05, 3.63) is 11.8 Å². The van der Waals surface area contributed by atoms with Crippen LogP contribution in [0, 0.1) is 0 Å². The fraction of sp³-hybridized carbons (Fsp3) is 0.667. The van der Waals surface area contributed by atoms with Crippen LogP contribution in [0.4, 0.5) is 4.79 Å². The van der Waals surface area contributed by atoms with Crippen molar-refractivity contribution in [2.45, 2.75) is 32.8 Å². The molecule has 1 heterocycles. The largest absolute Gasteiger partial charge is 0.514 e. The second-order valence-electron chi connectivity index (χ2n) is 4.72. The summed E-state index contributed by atoms with van der Waals surface area (Å²) in [6, 6.07) is 0. The van der Waals surface area contributed by atoms with Crippen LogP contribution in [0.25, 0.3) is 0 Å². The van der Waals surface area contributed by atoms with Gasteiger partial charge in [0, 0.05) is 0 Å². The maximum absolute atomic E-state index is 11.3. The maximum Gasteiger partial charge on any atom is 0.514 e. The summed E-state index contributed by atoms with van der Waals surface area (Å²) in [4.78, 5) is 21.9. The third-order valence-electron chi connectivity index (χ3n) is 1.85. The van der Waals surface area contributed by atoms with Crippen molar-refractivity contribution >= 4 is 12.1 Å². The Hall–Kier alpha value is -1.56. The van der Waals surface area contributed by atoms with Crippen LogP contribution >= 0.6 is 0 Å². The van der Waals surface area contributed by atoms with Crippen LogP contribution in [0.5, 0.6) is 0 Å². The molecule has 102 valence electrons. The third kappa shape index (κ3) is 6.24. The lowest BCUT2D eigenvalue weighted by Crippen LogP contribution is -2.24. The van der Waals surface area contributed by atoms with E-state index in [9.17, 15) is 9.59 Å². The van der Waals surface area contributed by atoms with Gasteiger partial charge in [0.15, 0.2) is 6.61 Å². The summed E-state index contributed by atoms with van der Waals surface area (Å²) >= 11 is 0. The zero-order valence-electron chi connectivity index (χ0n) is 10.9. The first kappa shape index (κ1) is 14.5. The Morgan fingerprint density at radius 3 is 2.72 bits per heavy atom. The average molecular weight is 258 g/mol. The summed E-state index contributed by atoms with van der Waals surface area (Å²) in [6.07, 6.45) is 1.09. The normalized spacial score (nSPS) is 17.5. The lowest BCUT2D eigenvalue weighted by atomic mass is 10.2. The lowest BCUT2D eigenvalue weighted by molar-refractivity contribution is -0.155. The first-order valence-corrected chi connectivity index (χ1v) is 5.70. The Morgan fingerprint density at radius 2 is 2.17 bits per heavy atom. The molecule has 0 aromatic heterocycles. The van der Waals surface area contributed by atoms with Crippen molar-refractivity contribution in [3.8, 4) is 0 Å². The molecule has 0 aromatic rings. The van der Waals surface area contributed by atoms with Crippen molar-refractivity contribution in [2.75, 3.05) is 19.8 Å². The molecule has 1 aliphatic heterocycles. The molecule has 0 atom stereocenters. The van der Waals surface area contributed by atoms with Gasteiger partial charge in [0.2, 0.25) is 0 Å². The number of carbonyl (C=O) groups excluding carboxylic acids is 2. The molecule has 0 spiro atoms. The van der Waals surface area contributed by atoms with Crippen LogP contribution in [-0.2, 0) is 23.7 Å². The van der Waals surface area contributed by atoms with Crippen LogP contribution in [0.3, 0.4) is 0 Å². The first-order valence-electron chi connectivity index (χ1n) is 5.70. The second-order valence-corrected chi connectivity index (χ2v) is 4.72. The zero-order valence-corrected chi connectivity index (χ0v) is 10.9. The van der Waals surface area contributed by atoms with Gasteiger partial charge in [-0.15, -0.1) is 0 Å². The highest BCUT2D eigenvalue weighted by Gasteiger charge is 2.18. The van der Waals surface area contributed by atoms with E-state index in [1.165, 1.54) is 0 Å². The van der Waals surface area contributed by atoms with Gasteiger partial charge in [-0.05, 0) is 26.8 Å². The molecule has 0 bridgehead atoms. The minimum Gasteiger partial charge on any atom is -0.460 e. The maximum atomic E-state index is 11.3. The molecule has 1 fully saturated rings. The molecule has 18 heavy (non-hydrogen) atoms. The van der Waals surface area contributed by atoms with E-state index >= 15 is 0 Å². The highest BCUT2D eigenvalue weighted by Crippen LogP contribution is 2.10. The molecule has 0 unspecified atom stereocenters. The van der Waals surface area contributed by atoms with Gasteiger partial charge in [-0.2, -0.15) is 0 Å². The van der Waals surface area contributed by atoms with Crippen LogP contribution in [-0.4, -0.2) is 37.5 Å². The number of cyclic esters (lactones) is 2. The van der Waals surface area contributed by atoms with Crippen molar-refractivity contribution in [1.82, 2.24) is 0 Å².